The fourth-order valence-electron chi connectivity index (χ4n) is 0.750. The molecule has 2 rings (SSSR count). The Labute approximate surface area is 71.5 Å². The van der Waals surface area contributed by atoms with Crippen molar-refractivity contribution in [2.75, 3.05) is 0 Å². The van der Waals surface area contributed by atoms with Gasteiger partial charge < -0.3 is 0 Å². The molecule has 2 aromatic rings. The van der Waals surface area contributed by atoms with Gasteiger partial charge in [0.15, 0.2) is 0 Å². The third-order valence-electron chi connectivity index (χ3n) is 1.24. The number of nitrogens with zero attached hydrogens (tertiary/aromatic N) is 3. The van der Waals surface area contributed by atoms with Gasteiger partial charge in [0.05, 0.1) is 5.69 Å². The summed E-state index contributed by atoms with van der Waals surface area (Å²) < 4.78 is 2.09. The lowest BCUT2D eigenvalue weighted by molar-refractivity contribution is 0.788. The molecule has 1 N–H and O–H groups in total. The predicted octanol–water partition coefficient (Wildman–Crippen LogP) is 1.39. The quantitative estimate of drug-likeness (QED) is 0.681. The van der Waals surface area contributed by atoms with E-state index in [2.05, 4.69) is 15.5 Å². The lowest BCUT2D eigenvalue weighted by atomic mass is 10.5. The highest BCUT2D eigenvalue weighted by molar-refractivity contribution is 7.71. The smallest absolute Gasteiger partial charge is 0.209 e. The summed E-state index contributed by atoms with van der Waals surface area (Å²) in [6.45, 7) is 0. The Kier molecular flexibility index (Phi) is 1.55. The Morgan fingerprint density at radius 3 is 3.09 bits per heavy atom. The molecule has 0 bridgehead atoms. The minimum atomic E-state index is 0.448. The average Bonchev–Trinajstić information content (AvgIpc) is 2.55. The molecule has 2 aromatic heterocycles. The summed E-state index contributed by atoms with van der Waals surface area (Å²) in [6, 6.07) is 1.94. The van der Waals surface area contributed by atoms with Crippen molar-refractivity contribution in [3.05, 3.63) is 21.6 Å². The maximum atomic E-state index is 4.90. The number of hydrogen-bond acceptors (Lipinski definition) is 4. The van der Waals surface area contributed by atoms with Crippen molar-refractivity contribution in [1.82, 2.24) is 20.2 Å². The van der Waals surface area contributed by atoms with Crippen LogP contribution in [0.3, 0.4) is 0 Å². The van der Waals surface area contributed by atoms with E-state index in [0.29, 0.717) is 4.77 Å². The Bertz CT molecular complexity index is 385. The van der Waals surface area contributed by atoms with E-state index >= 15 is 0 Å². The van der Waals surface area contributed by atoms with E-state index in [1.807, 2.05) is 16.8 Å². The first-order valence-corrected chi connectivity index (χ1v) is 4.26. The van der Waals surface area contributed by atoms with Crippen LogP contribution in [-0.2, 0) is 0 Å². The first kappa shape index (κ1) is 6.68. The summed E-state index contributed by atoms with van der Waals surface area (Å²) in [5.74, 6) is 0. The SMILES string of the molecule is S=c1nn[nH]n1-c1ccsc1. The van der Waals surface area contributed by atoms with Crippen LogP contribution in [0.5, 0.6) is 0 Å². The maximum absolute atomic E-state index is 4.90. The number of hydrogen-bond donors (Lipinski definition) is 1. The van der Waals surface area contributed by atoms with Crippen LogP contribution in [0, 0.1) is 4.77 Å². The zero-order valence-corrected chi connectivity index (χ0v) is 7.02. The molecule has 56 valence electrons. The molecule has 0 unspecified atom stereocenters. The first-order valence-electron chi connectivity index (χ1n) is 2.90. The largest absolute Gasteiger partial charge is 0.242 e. The van der Waals surface area contributed by atoms with Gasteiger partial charge in [-0.3, -0.25) is 0 Å². The van der Waals surface area contributed by atoms with Crippen LogP contribution in [0.15, 0.2) is 16.8 Å². The molecule has 0 aliphatic heterocycles. The van der Waals surface area contributed by atoms with Crippen LogP contribution in [0.2, 0.25) is 0 Å². The number of H-pyrrole nitrogens is 1. The van der Waals surface area contributed by atoms with E-state index in [9.17, 15) is 0 Å². The maximum Gasteiger partial charge on any atom is 0.242 e. The van der Waals surface area contributed by atoms with Crippen molar-refractivity contribution in [3.63, 3.8) is 0 Å². The molecule has 0 atom stereocenters. The second-order valence-electron chi connectivity index (χ2n) is 1.90. The van der Waals surface area contributed by atoms with E-state index in [4.69, 9.17) is 12.2 Å². The summed E-state index contributed by atoms with van der Waals surface area (Å²) in [5, 5.41) is 13.8. The van der Waals surface area contributed by atoms with Gasteiger partial charge in [0.25, 0.3) is 0 Å². The van der Waals surface area contributed by atoms with Gasteiger partial charge in [0, 0.05) is 5.38 Å². The van der Waals surface area contributed by atoms with Crippen LogP contribution in [0.25, 0.3) is 5.69 Å². The third kappa shape index (κ3) is 1.10. The second-order valence-corrected chi connectivity index (χ2v) is 3.04. The summed E-state index contributed by atoms with van der Waals surface area (Å²) in [4.78, 5) is 0. The fraction of sp³-hybridized carbons (Fsp3) is 0. The minimum absolute atomic E-state index is 0.448. The minimum Gasteiger partial charge on any atom is -0.209 e. The molecule has 0 amide bonds. The molecule has 0 radical (unpaired) electrons. The Balaban J connectivity index is 2.62. The zero-order chi connectivity index (χ0) is 7.68. The summed E-state index contributed by atoms with van der Waals surface area (Å²) in [5.41, 5.74) is 0.977. The van der Waals surface area contributed by atoms with Crippen LogP contribution in [0.1, 0.15) is 0 Å². The molecule has 0 saturated heterocycles. The van der Waals surface area contributed by atoms with Crippen molar-refractivity contribution >= 4 is 23.6 Å². The van der Waals surface area contributed by atoms with Crippen LogP contribution < -0.4 is 0 Å². The van der Waals surface area contributed by atoms with Crippen LogP contribution in [-0.4, -0.2) is 20.2 Å². The number of thiophene rings is 1. The molecule has 11 heavy (non-hydrogen) atoms. The van der Waals surface area contributed by atoms with Gasteiger partial charge in [0.2, 0.25) is 4.77 Å². The lowest BCUT2D eigenvalue weighted by Gasteiger charge is -1.91. The van der Waals surface area contributed by atoms with Gasteiger partial charge in [-0.2, -0.15) is 16.6 Å². The zero-order valence-electron chi connectivity index (χ0n) is 5.39. The normalized spacial score (nSPS) is 10.2. The third-order valence-corrected chi connectivity index (χ3v) is 2.17. The number of aromatic nitrogens is 4. The van der Waals surface area contributed by atoms with Crippen molar-refractivity contribution in [3.8, 4) is 5.69 Å². The van der Waals surface area contributed by atoms with E-state index < -0.39 is 0 Å². The predicted molar refractivity (Wildman–Crippen MR) is 44.4 cm³/mol. The number of nitrogens with one attached hydrogen (secondary N) is 1. The van der Waals surface area contributed by atoms with Gasteiger partial charge >= 0.3 is 0 Å². The Morgan fingerprint density at radius 1 is 1.64 bits per heavy atom. The molecule has 0 aliphatic rings. The van der Waals surface area contributed by atoms with E-state index in [-0.39, 0.29) is 0 Å². The van der Waals surface area contributed by atoms with Gasteiger partial charge in [-0.25, -0.2) is 4.68 Å². The topological polar surface area (TPSA) is 46.5 Å². The molecule has 0 aromatic carbocycles. The van der Waals surface area contributed by atoms with Crippen molar-refractivity contribution in [2.24, 2.45) is 0 Å². The molecule has 4 nitrogen and oxygen atoms in total. The second kappa shape index (κ2) is 2.55. The van der Waals surface area contributed by atoms with E-state index in [1.54, 1.807) is 16.0 Å². The van der Waals surface area contributed by atoms with Crippen LogP contribution >= 0.6 is 23.6 Å². The molecule has 0 saturated carbocycles. The first-order chi connectivity index (χ1) is 5.38. The van der Waals surface area contributed by atoms with E-state index in [1.165, 1.54) is 0 Å². The summed E-state index contributed by atoms with van der Waals surface area (Å²) >= 11 is 6.50. The number of rotatable bonds is 1. The monoisotopic (exact) mass is 184 g/mol. The van der Waals surface area contributed by atoms with Crippen molar-refractivity contribution in [1.29, 1.82) is 0 Å². The molecule has 0 aliphatic carbocycles. The van der Waals surface area contributed by atoms with Gasteiger partial charge in [-0.05, 0) is 23.7 Å². The van der Waals surface area contributed by atoms with Gasteiger partial charge in [0.1, 0.15) is 0 Å². The highest BCUT2D eigenvalue weighted by Gasteiger charge is 1.97. The highest BCUT2D eigenvalue weighted by atomic mass is 32.1. The summed E-state index contributed by atoms with van der Waals surface area (Å²) in [6.07, 6.45) is 0. The number of tetrazole rings is 1. The molecular formula is C5H4N4S2. The van der Waals surface area contributed by atoms with Gasteiger partial charge in [-0.1, -0.05) is 10.3 Å². The number of aromatic amines is 1. The molecule has 6 heteroatoms. The van der Waals surface area contributed by atoms with Crippen LogP contribution in [0.4, 0.5) is 0 Å². The highest BCUT2D eigenvalue weighted by Crippen LogP contribution is 2.09. The molecule has 0 fully saturated rings. The molecule has 0 spiro atoms. The lowest BCUT2D eigenvalue weighted by Crippen LogP contribution is -1.93. The summed E-state index contributed by atoms with van der Waals surface area (Å²) in [7, 11) is 0. The molecular weight excluding hydrogens is 180 g/mol. The van der Waals surface area contributed by atoms with Gasteiger partial charge in [-0.15, -0.1) is 0 Å². The van der Waals surface area contributed by atoms with Crippen molar-refractivity contribution in [2.45, 2.75) is 0 Å². The average molecular weight is 184 g/mol. The van der Waals surface area contributed by atoms with Crippen molar-refractivity contribution < 1.29 is 0 Å². The molecule has 2 heterocycles. The fourth-order valence-corrected chi connectivity index (χ4v) is 1.56. The Morgan fingerprint density at radius 2 is 2.55 bits per heavy atom. The standard InChI is InChI=1S/C5H4N4S2/c10-5-6-7-8-9(5)4-1-2-11-3-4/h1-3H,(H,6,8,10). The van der Waals surface area contributed by atoms with E-state index in [0.717, 1.165) is 5.69 Å². The Hall–Kier alpha value is -1.01.